The van der Waals surface area contributed by atoms with Gasteiger partial charge in [0.15, 0.2) is 0 Å². The molecule has 0 aromatic carbocycles. The number of ether oxygens (including phenoxy) is 1. The molecule has 11 amide bonds. The predicted molar refractivity (Wildman–Crippen MR) is 361 cm³/mol. The number of likely N-dealkylation sites (N-methyl/N-ethyl adjacent to an activating group) is 7. The maximum absolute atomic E-state index is 15.4. The molecule has 534 valence electrons. The first kappa shape index (κ1) is 84.8. The highest BCUT2D eigenvalue weighted by atomic mass is 16.5. The lowest BCUT2D eigenvalue weighted by atomic mass is 9.91. The summed E-state index contributed by atoms with van der Waals surface area (Å²) in [5, 5.41) is 23.4. The Morgan fingerprint density at radius 1 is 0.516 bits per heavy atom. The van der Waals surface area contributed by atoms with E-state index in [1.165, 1.54) is 99.7 Å². The summed E-state index contributed by atoms with van der Waals surface area (Å²) in [5.41, 5.74) is -1.04. The van der Waals surface area contributed by atoms with Crippen LogP contribution in [0.15, 0.2) is 12.2 Å². The SMILES string of the molecule is CC=CC[C@@H](C)[C@@H](O)[C@H]1C(=O)N[C@@H](CC)C(=O)N(C)[C@H](CCCN(C)C)C(=O)N(C)[C@@H](CC(C)(C)OC)C(=O)N[C@@H](C(C)C)C(=O)N(C)[C@@H](CC(C)C)C(=O)N[C@@H](C)C(=O)N[C@H](C)C(=O)N(C)[C@@H](CC(C)C)C(=O)N(C)[C@@H](CC(C)C)C(=O)N(C)[C@@H](C(C)C)C(=O)N1C. The van der Waals surface area contributed by atoms with Gasteiger partial charge in [-0.15, -0.1) is 0 Å². The van der Waals surface area contributed by atoms with Gasteiger partial charge < -0.3 is 70.3 Å². The number of amides is 11. The summed E-state index contributed by atoms with van der Waals surface area (Å²) in [7, 11) is 15.2. The fourth-order valence-electron chi connectivity index (χ4n) is 11.8. The van der Waals surface area contributed by atoms with E-state index in [4.69, 9.17) is 4.74 Å². The molecule has 93 heavy (non-hydrogen) atoms. The van der Waals surface area contributed by atoms with Crippen LogP contribution in [0, 0.1) is 35.5 Å². The zero-order valence-corrected chi connectivity index (χ0v) is 61.8. The molecule has 13 atom stereocenters. The maximum atomic E-state index is 15.4. The second-order valence-electron chi connectivity index (χ2n) is 28.8. The van der Waals surface area contributed by atoms with Gasteiger partial charge in [-0.3, -0.25) is 52.7 Å². The molecule has 1 heterocycles. The molecule has 0 aliphatic carbocycles. The van der Waals surface area contributed by atoms with E-state index in [-0.39, 0.29) is 56.3 Å². The van der Waals surface area contributed by atoms with Crippen molar-refractivity contribution in [1.29, 1.82) is 0 Å². The van der Waals surface area contributed by atoms with Crippen molar-refractivity contribution >= 4 is 65.0 Å². The van der Waals surface area contributed by atoms with Gasteiger partial charge in [0.05, 0.1) is 11.7 Å². The number of rotatable bonds is 20. The summed E-state index contributed by atoms with van der Waals surface area (Å²) < 4.78 is 5.82. The van der Waals surface area contributed by atoms with E-state index < -0.39 is 161 Å². The average molecular weight is 1320 g/mol. The summed E-state index contributed by atoms with van der Waals surface area (Å²) >= 11 is 0. The quantitative estimate of drug-likeness (QED) is 0.109. The van der Waals surface area contributed by atoms with Gasteiger partial charge in [-0.2, -0.15) is 0 Å². The number of carbonyl (C=O) groups excluding carboxylic acids is 11. The van der Waals surface area contributed by atoms with E-state index in [0.717, 1.165) is 4.90 Å². The van der Waals surface area contributed by atoms with E-state index in [1.807, 2.05) is 66.6 Å². The van der Waals surface area contributed by atoms with Crippen molar-refractivity contribution in [2.45, 2.75) is 247 Å². The summed E-state index contributed by atoms with van der Waals surface area (Å²) in [6, 6.07) is -14.0. The summed E-state index contributed by atoms with van der Waals surface area (Å²) in [4.78, 5) is 175. The lowest BCUT2D eigenvalue weighted by molar-refractivity contribution is -0.157. The molecular formula is C68H124N12O13. The number of aliphatic hydroxyl groups excluding tert-OH is 1. The van der Waals surface area contributed by atoms with Crippen LogP contribution in [-0.2, 0) is 57.5 Å². The molecule has 25 nitrogen and oxygen atoms in total. The zero-order chi connectivity index (χ0) is 72.2. The van der Waals surface area contributed by atoms with Gasteiger partial charge in [0.2, 0.25) is 65.0 Å². The largest absolute Gasteiger partial charge is 0.390 e. The molecule has 5 N–H and O–H groups in total. The molecular weight excluding hydrogens is 1190 g/mol. The number of carbonyl (C=O) groups is 11. The van der Waals surface area contributed by atoms with Crippen molar-refractivity contribution in [1.82, 2.24) is 60.5 Å². The highest BCUT2D eigenvalue weighted by Gasteiger charge is 2.47. The number of hydrogen-bond acceptors (Lipinski definition) is 14. The molecule has 1 fully saturated rings. The first-order valence-corrected chi connectivity index (χ1v) is 33.5. The normalized spacial score (nSPS) is 26.6. The highest BCUT2D eigenvalue weighted by molar-refractivity contribution is 6.00. The van der Waals surface area contributed by atoms with E-state index in [1.54, 1.807) is 68.4 Å². The van der Waals surface area contributed by atoms with E-state index in [0.29, 0.717) is 19.4 Å². The average Bonchev–Trinajstić information content (AvgIpc) is 0.816. The van der Waals surface area contributed by atoms with Crippen LogP contribution in [0.4, 0.5) is 0 Å². The monoisotopic (exact) mass is 1320 g/mol. The smallest absolute Gasteiger partial charge is 0.246 e. The van der Waals surface area contributed by atoms with Gasteiger partial charge in [0.1, 0.15) is 66.5 Å². The number of nitrogens with one attached hydrogen (secondary N) is 4. The third-order valence-corrected chi connectivity index (χ3v) is 18.0. The van der Waals surface area contributed by atoms with Crippen LogP contribution in [0.3, 0.4) is 0 Å². The van der Waals surface area contributed by atoms with Crippen LogP contribution in [0.1, 0.15) is 169 Å². The van der Waals surface area contributed by atoms with Crippen LogP contribution in [-0.4, -0.2) is 265 Å². The van der Waals surface area contributed by atoms with E-state index in [2.05, 4.69) is 21.3 Å². The van der Waals surface area contributed by atoms with Gasteiger partial charge in [0.25, 0.3) is 0 Å². The van der Waals surface area contributed by atoms with Gasteiger partial charge in [-0.1, -0.05) is 95.2 Å². The van der Waals surface area contributed by atoms with Crippen molar-refractivity contribution < 1.29 is 62.6 Å². The van der Waals surface area contributed by atoms with Crippen LogP contribution >= 0.6 is 0 Å². The Kier molecular flexibility index (Phi) is 35.0. The van der Waals surface area contributed by atoms with Gasteiger partial charge in [-0.05, 0) is 136 Å². The van der Waals surface area contributed by atoms with E-state index >= 15 is 33.6 Å². The molecule has 1 rings (SSSR count). The Balaban J connectivity index is 4.58. The molecule has 0 bridgehead atoms. The molecule has 0 spiro atoms. The standard InChI is InChI=1S/C68H124N12O13/c1-28-30-32-44(13)56(81)55-60(85)71-47(29-2)62(87)74(20)48(33-31-34-73(18)19)63(88)78(24)52(38-68(16,17)93-27)59(84)72-53(42(9)10)66(91)75(21)49(35-39(3)4)58(83)69-45(14)57(82)70-46(15)61(86)76(22)50(36-40(5)6)64(89)77(23)51(37-41(7)8)65(90)79(25)54(43(11)12)67(92)80(55)26/h28,30,39-56,81H,29,31-38H2,1-27H3,(H,69,83)(H,70,82)(H,71,85)(H,72,84)/t44-,45+,46-,47+,48-,49+,50+,51+,52+,53+,54+,55+,56-/m1/s1. The van der Waals surface area contributed by atoms with Crippen molar-refractivity contribution in [3.05, 3.63) is 12.2 Å². The fraction of sp³-hybridized carbons (Fsp3) is 0.809. The van der Waals surface area contributed by atoms with Crippen molar-refractivity contribution in [3.63, 3.8) is 0 Å². The maximum Gasteiger partial charge on any atom is 0.246 e. The molecule has 1 aliphatic rings. The number of hydrogen-bond donors (Lipinski definition) is 5. The third kappa shape index (κ3) is 24.2. The Morgan fingerprint density at radius 2 is 0.946 bits per heavy atom. The van der Waals surface area contributed by atoms with Gasteiger partial charge in [-0.25, -0.2) is 0 Å². The molecule has 0 aromatic heterocycles. The Morgan fingerprint density at radius 3 is 1.41 bits per heavy atom. The minimum atomic E-state index is -1.64. The Labute approximate surface area is 557 Å². The van der Waals surface area contributed by atoms with Crippen LogP contribution in [0.25, 0.3) is 0 Å². The highest BCUT2D eigenvalue weighted by Crippen LogP contribution is 2.27. The van der Waals surface area contributed by atoms with Crippen LogP contribution in [0.2, 0.25) is 0 Å². The number of aliphatic hydroxyl groups is 1. The lowest BCUT2D eigenvalue weighted by Crippen LogP contribution is -2.64. The topological polar surface area (TPSA) is 291 Å². The lowest BCUT2D eigenvalue weighted by Gasteiger charge is -2.41. The van der Waals surface area contributed by atoms with Crippen molar-refractivity contribution in [3.8, 4) is 0 Å². The number of allylic oxidation sites excluding steroid dienone is 2. The van der Waals surface area contributed by atoms with Crippen LogP contribution in [0.5, 0.6) is 0 Å². The summed E-state index contributed by atoms with van der Waals surface area (Å²) in [6.45, 7) is 30.2. The fourth-order valence-corrected chi connectivity index (χ4v) is 11.8. The molecule has 0 radical (unpaired) electrons. The minimum absolute atomic E-state index is 0.00580. The first-order valence-electron chi connectivity index (χ1n) is 33.5. The zero-order valence-electron chi connectivity index (χ0n) is 61.8. The summed E-state index contributed by atoms with van der Waals surface area (Å²) in [6.07, 6.45) is 3.21. The Hall–Kier alpha value is -6.21. The molecule has 1 saturated heterocycles. The predicted octanol–water partition coefficient (Wildman–Crippen LogP) is 3.75. The van der Waals surface area contributed by atoms with E-state index in [9.17, 15) is 24.3 Å². The number of methoxy groups -OCH3 is 1. The summed E-state index contributed by atoms with van der Waals surface area (Å²) in [5.74, 6) is -9.89. The second-order valence-corrected chi connectivity index (χ2v) is 28.8. The molecule has 25 heteroatoms. The first-order chi connectivity index (χ1) is 42.9. The van der Waals surface area contributed by atoms with Crippen molar-refractivity contribution in [2.24, 2.45) is 35.5 Å². The van der Waals surface area contributed by atoms with Gasteiger partial charge in [0, 0.05) is 62.9 Å². The van der Waals surface area contributed by atoms with Crippen LogP contribution < -0.4 is 21.3 Å². The third-order valence-electron chi connectivity index (χ3n) is 18.0. The molecule has 0 saturated carbocycles. The minimum Gasteiger partial charge on any atom is -0.390 e. The van der Waals surface area contributed by atoms with Gasteiger partial charge >= 0.3 is 0 Å². The molecule has 1 aliphatic heterocycles. The second kappa shape index (κ2) is 38.4. The van der Waals surface area contributed by atoms with Crippen molar-refractivity contribution in [2.75, 3.05) is 77.1 Å². The number of nitrogens with zero attached hydrogens (tertiary/aromatic N) is 8. The molecule has 0 aromatic rings. The molecule has 0 unspecified atom stereocenters. The Bertz CT molecular complexity index is 2540.